The molecule has 1 aromatic heterocycles. The lowest BCUT2D eigenvalue weighted by Crippen LogP contribution is -2.43. The van der Waals surface area contributed by atoms with Crippen molar-refractivity contribution >= 4 is 11.6 Å². The topological polar surface area (TPSA) is 64.2 Å². The minimum absolute atomic E-state index is 0.0581. The van der Waals surface area contributed by atoms with E-state index in [0.717, 1.165) is 31.6 Å². The van der Waals surface area contributed by atoms with Crippen LogP contribution in [0.5, 0.6) is 0 Å². The van der Waals surface area contributed by atoms with Crippen molar-refractivity contribution in [1.82, 2.24) is 14.7 Å². The molecule has 2 aliphatic rings. The zero-order valence-corrected chi connectivity index (χ0v) is 13.2. The van der Waals surface area contributed by atoms with Crippen molar-refractivity contribution in [3.05, 3.63) is 11.4 Å². The molecule has 21 heavy (non-hydrogen) atoms. The number of anilines is 1. The van der Waals surface area contributed by atoms with Crippen molar-refractivity contribution in [2.45, 2.75) is 58.9 Å². The summed E-state index contributed by atoms with van der Waals surface area (Å²) in [6, 6.07) is 0. The Balaban J connectivity index is 1.75. The number of amides is 1. The summed E-state index contributed by atoms with van der Waals surface area (Å²) in [5.41, 5.74) is 8.48. The minimum atomic E-state index is 0.0581. The summed E-state index contributed by atoms with van der Waals surface area (Å²) >= 11 is 0. The standard InChI is InChI=1S/C16H26N4O/c1-3-20-14(13(17)12(2)18-20)15(21)19-10-8-16(9-11-19)6-4-5-7-16/h3-11,17H2,1-2H3. The summed E-state index contributed by atoms with van der Waals surface area (Å²) < 4.78 is 1.74. The highest BCUT2D eigenvalue weighted by atomic mass is 16.2. The molecule has 1 aromatic rings. The van der Waals surface area contributed by atoms with Crippen molar-refractivity contribution in [3.8, 4) is 0 Å². The highest BCUT2D eigenvalue weighted by molar-refractivity contribution is 5.98. The number of rotatable bonds is 2. The number of hydrogen-bond donors (Lipinski definition) is 1. The molecule has 0 atom stereocenters. The third-order valence-corrected chi connectivity index (χ3v) is 5.45. The molecule has 5 nitrogen and oxygen atoms in total. The van der Waals surface area contributed by atoms with Gasteiger partial charge < -0.3 is 10.6 Å². The van der Waals surface area contributed by atoms with Crippen LogP contribution in [0, 0.1) is 12.3 Å². The molecule has 1 saturated carbocycles. The Hall–Kier alpha value is -1.52. The Bertz CT molecular complexity index is 533. The molecule has 1 aliphatic carbocycles. The summed E-state index contributed by atoms with van der Waals surface area (Å²) in [6.45, 7) is 6.27. The molecule has 0 radical (unpaired) electrons. The number of carbonyl (C=O) groups is 1. The van der Waals surface area contributed by atoms with Gasteiger partial charge in [0.05, 0.1) is 11.4 Å². The number of carbonyl (C=O) groups excluding carboxylic acids is 1. The molecule has 116 valence electrons. The van der Waals surface area contributed by atoms with Crippen LogP contribution in [0.3, 0.4) is 0 Å². The van der Waals surface area contributed by atoms with Gasteiger partial charge in [-0.05, 0) is 44.9 Å². The van der Waals surface area contributed by atoms with Crippen molar-refractivity contribution in [2.24, 2.45) is 5.41 Å². The SMILES string of the molecule is CCn1nc(C)c(N)c1C(=O)N1CCC2(CCCC2)CC1. The number of nitrogens with zero attached hydrogens (tertiary/aromatic N) is 3. The van der Waals surface area contributed by atoms with E-state index in [1.54, 1.807) is 4.68 Å². The van der Waals surface area contributed by atoms with E-state index in [0.29, 0.717) is 23.3 Å². The summed E-state index contributed by atoms with van der Waals surface area (Å²) in [7, 11) is 0. The third kappa shape index (κ3) is 2.43. The largest absolute Gasteiger partial charge is 0.395 e. The molecule has 0 bridgehead atoms. The molecule has 1 saturated heterocycles. The highest BCUT2D eigenvalue weighted by Crippen LogP contribution is 2.46. The van der Waals surface area contributed by atoms with Crippen LogP contribution in [0.4, 0.5) is 5.69 Å². The summed E-state index contributed by atoms with van der Waals surface area (Å²) in [6.07, 6.45) is 7.73. The molecular formula is C16H26N4O. The normalized spacial score (nSPS) is 21.1. The van der Waals surface area contributed by atoms with Crippen LogP contribution in [0.25, 0.3) is 0 Å². The van der Waals surface area contributed by atoms with Gasteiger partial charge in [-0.1, -0.05) is 12.8 Å². The van der Waals surface area contributed by atoms with Crippen molar-refractivity contribution in [2.75, 3.05) is 18.8 Å². The quantitative estimate of drug-likeness (QED) is 0.910. The van der Waals surface area contributed by atoms with Gasteiger partial charge in [-0.25, -0.2) is 0 Å². The molecule has 1 amide bonds. The second-order valence-electron chi connectivity index (χ2n) is 6.66. The number of nitrogen functional groups attached to an aromatic ring is 1. The van der Waals surface area contributed by atoms with E-state index in [9.17, 15) is 4.79 Å². The van der Waals surface area contributed by atoms with E-state index >= 15 is 0 Å². The average molecular weight is 290 g/mol. The maximum Gasteiger partial charge on any atom is 0.274 e. The maximum atomic E-state index is 12.8. The van der Waals surface area contributed by atoms with Gasteiger partial charge in [-0.15, -0.1) is 0 Å². The fourth-order valence-corrected chi connectivity index (χ4v) is 4.01. The summed E-state index contributed by atoms with van der Waals surface area (Å²) in [5, 5.41) is 4.36. The maximum absolute atomic E-state index is 12.8. The predicted octanol–water partition coefficient (Wildman–Crippen LogP) is 2.59. The van der Waals surface area contributed by atoms with E-state index in [2.05, 4.69) is 5.10 Å². The molecule has 2 heterocycles. The Morgan fingerprint density at radius 2 is 1.86 bits per heavy atom. The lowest BCUT2D eigenvalue weighted by molar-refractivity contribution is 0.0577. The molecule has 0 aromatic carbocycles. The molecule has 5 heteroatoms. The molecular weight excluding hydrogens is 264 g/mol. The second kappa shape index (κ2) is 5.35. The van der Waals surface area contributed by atoms with Crippen molar-refractivity contribution in [1.29, 1.82) is 0 Å². The number of hydrogen-bond acceptors (Lipinski definition) is 3. The van der Waals surface area contributed by atoms with Crippen LogP contribution in [-0.2, 0) is 6.54 Å². The number of aryl methyl sites for hydroxylation is 2. The first-order valence-corrected chi connectivity index (χ1v) is 8.18. The summed E-state index contributed by atoms with van der Waals surface area (Å²) in [4.78, 5) is 14.8. The van der Waals surface area contributed by atoms with Gasteiger partial charge in [0.15, 0.2) is 0 Å². The number of nitrogens with two attached hydrogens (primary N) is 1. The Labute approximate surface area is 126 Å². The van der Waals surface area contributed by atoms with E-state index in [1.807, 2.05) is 18.7 Å². The van der Waals surface area contributed by atoms with Crippen molar-refractivity contribution in [3.63, 3.8) is 0 Å². The monoisotopic (exact) mass is 290 g/mol. The van der Waals surface area contributed by atoms with Gasteiger partial charge in [0.25, 0.3) is 5.91 Å². The zero-order valence-electron chi connectivity index (χ0n) is 13.2. The Morgan fingerprint density at radius 1 is 1.24 bits per heavy atom. The van der Waals surface area contributed by atoms with Crippen LogP contribution in [0.15, 0.2) is 0 Å². The highest BCUT2D eigenvalue weighted by Gasteiger charge is 2.38. The summed E-state index contributed by atoms with van der Waals surface area (Å²) in [5.74, 6) is 0.0581. The first-order valence-electron chi connectivity index (χ1n) is 8.18. The molecule has 0 unspecified atom stereocenters. The smallest absolute Gasteiger partial charge is 0.274 e. The van der Waals surface area contributed by atoms with Crippen molar-refractivity contribution < 1.29 is 4.79 Å². The molecule has 3 rings (SSSR count). The lowest BCUT2D eigenvalue weighted by Gasteiger charge is -2.39. The van der Waals surface area contributed by atoms with Crippen LogP contribution >= 0.6 is 0 Å². The number of piperidine rings is 1. The third-order valence-electron chi connectivity index (χ3n) is 5.45. The molecule has 1 spiro atoms. The first kappa shape index (κ1) is 14.4. The van der Waals surface area contributed by atoms with Crippen LogP contribution in [0.2, 0.25) is 0 Å². The lowest BCUT2D eigenvalue weighted by atomic mass is 9.77. The fraction of sp³-hybridized carbons (Fsp3) is 0.750. The fourth-order valence-electron chi connectivity index (χ4n) is 4.01. The van der Waals surface area contributed by atoms with Crippen LogP contribution < -0.4 is 5.73 Å². The predicted molar refractivity (Wildman–Crippen MR) is 83.1 cm³/mol. The Morgan fingerprint density at radius 3 is 2.43 bits per heavy atom. The first-order chi connectivity index (χ1) is 10.1. The van der Waals surface area contributed by atoms with Gasteiger partial charge in [-0.3, -0.25) is 9.48 Å². The van der Waals surface area contributed by atoms with Crippen LogP contribution in [0.1, 0.15) is 61.6 Å². The van der Waals surface area contributed by atoms with Gasteiger partial charge in [0.2, 0.25) is 0 Å². The molecule has 2 fully saturated rings. The molecule has 1 aliphatic heterocycles. The van der Waals surface area contributed by atoms with E-state index in [-0.39, 0.29) is 5.91 Å². The minimum Gasteiger partial charge on any atom is -0.395 e. The van der Waals surface area contributed by atoms with E-state index in [4.69, 9.17) is 5.73 Å². The van der Waals surface area contributed by atoms with E-state index in [1.165, 1.54) is 25.7 Å². The molecule has 2 N–H and O–H groups in total. The van der Waals surface area contributed by atoms with Gasteiger partial charge in [-0.2, -0.15) is 5.10 Å². The van der Waals surface area contributed by atoms with Gasteiger partial charge in [0, 0.05) is 19.6 Å². The van der Waals surface area contributed by atoms with Gasteiger partial charge in [0.1, 0.15) is 5.69 Å². The van der Waals surface area contributed by atoms with E-state index < -0.39 is 0 Å². The van der Waals surface area contributed by atoms with Crippen LogP contribution in [-0.4, -0.2) is 33.7 Å². The number of aromatic nitrogens is 2. The Kier molecular flexibility index (Phi) is 3.68. The average Bonchev–Trinajstić information content (AvgIpc) is 3.05. The zero-order chi connectivity index (χ0) is 15.0. The van der Waals surface area contributed by atoms with Gasteiger partial charge >= 0.3 is 0 Å². The second-order valence-corrected chi connectivity index (χ2v) is 6.66. The number of likely N-dealkylation sites (tertiary alicyclic amines) is 1.